The van der Waals surface area contributed by atoms with Crippen molar-refractivity contribution in [1.29, 1.82) is 0 Å². The van der Waals surface area contributed by atoms with Gasteiger partial charge in [-0.25, -0.2) is 0 Å². The van der Waals surface area contributed by atoms with Gasteiger partial charge in [0.25, 0.3) is 11.6 Å². The Morgan fingerprint density at radius 3 is 2.70 bits per heavy atom. The summed E-state index contributed by atoms with van der Waals surface area (Å²) in [7, 11) is 0. The van der Waals surface area contributed by atoms with E-state index in [4.69, 9.17) is 4.42 Å². The third-order valence-electron chi connectivity index (χ3n) is 4.60. The Labute approximate surface area is 153 Å². The number of amides is 1. The lowest BCUT2D eigenvalue weighted by Gasteiger charge is -2.23. The van der Waals surface area contributed by atoms with Crippen molar-refractivity contribution in [2.75, 3.05) is 6.54 Å². The summed E-state index contributed by atoms with van der Waals surface area (Å²) in [6, 6.07) is 11.8. The van der Waals surface area contributed by atoms with Gasteiger partial charge in [-0.15, -0.1) is 6.58 Å². The number of hydrogen-bond donors (Lipinski definition) is 0. The maximum atomic E-state index is 13.1. The average Bonchev–Trinajstić information content (AvgIpc) is 2.95. The average molecular weight is 362 g/mol. The molecule has 0 fully saturated rings. The highest BCUT2D eigenvalue weighted by molar-refractivity contribution is 5.99. The van der Waals surface area contributed by atoms with Gasteiger partial charge in [-0.3, -0.25) is 19.7 Å². The summed E-state index contributed by atoms with van der Waals surface area (Å²) >= 11 is 0. The van der Waals surface area contributed by atoms with E-state index < -0.39 is 16.9 Å². The minimum absolute atomic E-state index is 0.0305. The van der Waals surface area contributed by atoms with Gasteiger partial charge >= 0.3 is 0 Å². The molecule has 27 heavy (non-hydrogen) atoms. The molecule has 1 atom stereocenters. The van der Waals surface area contributed by atoms with Crippen LogP contribution in [-0.4, -0.2) is 22.3 Å². The summed E-state index contributed by atoms with van der Waals surface area (Å²) in [5.41, 5.74) is 0.565. The Morgan fingerprint density at radius 1 is 1.19 bits per heavy atom. The molecule has 0 saturated carbocycles. The molecule has 4 rings (SSSR count). The lowest BCUT2D eigenvalue weighted by Crippen LogP contribution is -2.29. The summed E-state index contributed by atoms with van der Waals surface area (Å²) in [5.74, 6) is -0.471. The molecule has 0 N–H and O–H groups in total. The number of hydrogen-bond acceptors (Lipinski definition) is 5. The standard InChI is InChI=1S/C20H14N2O5/c1-2-10-21-17(12-6-5-7-13(11-12)22(25)26)16-18(23)14-8-3-4-9-15(14)27-19(16)20(21)24/h2-9,11,17H,1,10H2/t17-/m0/s1. The van der Waals surface area contributed by atoms with Crippen molar-refractivity contribution in [3.63, 3.8) is 0 Å². The maximum absolute atomic E-state index is 13.1. The molecule has 2 aromatic carbocycles. The van der Waals surface area contributed by atoms with Crippen LogP contribution < -0.4 is 5.43 Å². The SMILES string of the molecule is C=CCN1C(=O)c2oc3ccccc3c(=O)c2[C@@H]1c1cccc([N+](=O)[O-])c1. The number of fused-ring (bicyclic) bond motifs is 2. The van der Waals surface area contributed by atoms with Crippen molar-refractivity contribution in [2.24, 2.45) is 0 Å². The molecule has 1 aliphatic rings. The van der Waals surface area contributed by atoms with Crippen molar-refractivity contribution >= 4 is 22.6 Å². The van der Waals surface area contributed by atoms with E-state index in [9.17, 15) is 19.7 Å². The highest BCUT2D eigenvalue weighted by atomic mass is 16.6. The molecule has 7 heteroatoms. The summed E-state index contributed by atoms with van der Waals surface area (Å²) in [6.45, 7) is 3.83. The van der Waals surface area contributed by atoms with Gasteiger partial charge in [0, 0.05) is 18.7 Å². The van der Waals surface area contributed by atoms with E-state index in [0.29, 0.717) is 16.5 Å². The van der Waals surface area contributed by atoms with Crippen LogP contribution in [0.2, 0.25) is 0 Å². The number of carbonyl (C=O) groups is 1. The van der Waals surface area contributed by atoms with Crippen LogP contribution in [0.3, 0.4) is 0 Å². The van der Waals surface area contributed by atoms with Crippen LogP contribution in [0, 0.1) is 10.1 Å². The fraction of sp³-hybridized carbons (Fsp3) is 0.100. The Bertz CT molecular complexity index is 1160. The lowest BCUT2D eigenvalue weighted by molar-refractivity contribution is -0.384. The number of benzene rings is 2. The minimum Gasteiger partial charge on any atom is -0.450 e. The zero-order valence-corrected chi connectivity index (χ0v) is 14.1. The summed E-state index contributed by atoms with van der Waals surface area (Å²) in [5, 5.41) is 11.5. The van der Waals surface area contributed by atoms with Crippen LogP contribution in [0.4, 0.5) is 5.69 Å². The fourth-order valence-corrected chi connectivity index (χ4v) is 3.45. The normalized spacial score (nSPS) is 15.8. The van der Waals surface area contributed by atoms with Crippen LogP contribution in [0.25, 0.3) is 11.0 Å². The van der Waals surface area contributed by atoms with E-state index in [-0.39, 0.29) is 29.0 Å². The van der Waals surface area contributed by atoms with E-state index in [1.54, 1.807) is 36.4 Å². The van der Waals surface area contributed by atoms with Crippen molar-refractivity contribution in [3.05, 3.63) is 98.4 Å². The summed E-state index contributed by atoms with van der Waals surface area (Å²) in [4.78, 5) is 38.1. The van der Waals surface area contributed by atoms with E-state index in [2.05, 4.69) is 6.58 Å². The highest BCUT2D eigenvalue weighted by Gasteiger charge is 2.42. The number of nitrogens with zero attached hydrogens (tertiary/aromatic N) is 2. The Hall–Kier alpha value is -3.74. The molecule has 1 aromatic heterocycles. The third kappa shape index (κ3) is 2.52. The largest absolute Gasteiger partial charge is 0.450 e. The molecule has 0 unspecified atom stereocenters. The first-order valence-corrected chi connectivity index (χ1v) is 8.25. The lowest BCUT2D eigenvalue weighted by atomic mass is 9.98. The maximum Gasteiger partial charge on any atom is 0.291 e. The second kappa shape index (κ2) is 6.21. The second-order valence-corrected chi connectivity index (χ2v) is 6.17. The smallest absolute Gasteiger partial charge is 0.291 e. The minimum atomic E-state index is -0.772. The van der Waals surface area contributed by atoms with Crippen LogP contribution in [0.1, 0.15) is 27.7 Å². The van der Waals surface area contributed by atoms with E-state index >= 15 is 0 Å². The number of carbonyl (C=O) groups excluding carboxylic acids is 1. The Balaban J connectivity index is 2.01. The summed E-state index contributed by atoms with van der Waals surface area (Å²) < 4.78 is 5.74. The van der Waals surface area contributed by atoms with E-state index in [1.807, 2.05) is 0 Å². The second-order valence-electron chi connectivity index (χ2n) is 6.17. The molecule has 3 aromatic rings. The van der Waals surface area contributed by atoms with Gasteiger partial charge in [0.2, 0.25) is 5.76 Å². The quantitative estimate of drug-likeness (QED) is 0.403. The van der Waals surface area contributed by atoms with Crippen LogP contribution in [0.5, 0.6) is 0 Å². The van der Waals surface area contributed by atoms with Gasteiger partial charge in [0.1, 0.15) is 5.58 Å². The third-order valence-corrected chi connectivity index (χ3v) is 4.60. The first kappa shape index (κ1) is 16.7. The number of nitro benzene ring substituents is 1. The molecular weight excluding hydrogens is 348 g/mol. The molecule has 2 heterocycles. The van der Waals surface area contributed by atoms with E-state index in [0.717, 1.165) is 0 Å². The number of para-hydroxylation sites is 1. The highest BCUT2D eigenvalue weighted by Crippen LogP contribution is 2.38. The molecule has 0 bridgehead atoms. The monoisotopic (exact) mass is 362 g/mol. The molecule has 7 nitrogen and oxygen atoms in total. The zero-order chi connectivity index (χ0) is 19.1. The van der Waals surface area contributed by atoms with Crippen LogP contribution in [0.15, 0.2) is 70.4 Å². The fourth-order valence-electron chi connectivity index (χ4n) is 3.45. The predicted molar refractivity (Wildman–Crippen MR) is 98.7 cm³/mol. The zero-order valence-electron chi connectivity index (χ0n) is 14.1. The summed E-state index contributed by atoms with van der Waals surface area (Å²) in [6.07, 6.45) is 1.54. The number of rotatable bonds is 4. The van der Waals surface area contributed by atoms with Gasteiger partial charge < -0.3 is 9.32 Å². The molecule has 134 valence electrons. The molecule has 0 radical (unpaired) electrons. The molecule has 0 aliphatic carbocycles. The van der Waals surface area contributed by atoms with Crippen molar-refractivity contribution in [1.82, 2.24) is 4.90 Å². The van der Waals surface area contributed by atoms with Gasteiger partial charge in [-0.2, -0.15) is 0 Å². The van der Waals surface area contributed by atoms with E-state index in [1.165, 1.54) is 23.1 Å². The first-order valence-electron chi connectivity index (χ1n) is 8.25. The van der Waals surface area contributed by atoms with Gasteiger partial charge in [-0.1, -0.05) is 30.3 Å². The molecule has 1 amide bonds. The van der Waals surface area contributed by atoms with Gasteiger partial charge in [0.05, 0.1) is 21.9 Å². The van der Waals surface area contributed by atoms with Crippen LogP contribution in [-0.2, 0) is 0 Å². The number of nitro groups is 1. The van der Waals surface area contributed by atoms with Gasteiger partial charge in [-0.05, 0) is 17.7 Å². The van der Waals surface area contributed by atoms with Crippen molar-refractivity contribution in [3.8, 4) is 0 Å². The Kier molecular flexibility index (Phi) is 3.84. The topological polar surface area (TPSA) is 93.7 Å². The molecular formula is C20H14N2O5. The van der Waals surface area contributed by atoms with Crippen LogP contribution >= 0.6 is 0 Å². The molecule has 0 spiro atoms. The molecule has 0 saturated heterocycles. The Morgan fingerprint density at radius 2 is 1.96 bits per heavy atom. The molecule has 1 aliphatic heterocycles. The predicted octanol–water partition coefficient (Wildman–Crippen LogP) is 3.43. The van der Waals surface area contributed by atoms with Crippen molar-refractivity contribution < 1.29 is 14.1 Å². The van der Waals surface area contributed by atoms with Gasteiger partial charge in [0.15, 0.2) is 5.43 Å². The first-order chi connectivity index (χ1) is 13.0. The number of non-ortho nitro benzene ring substituents is 1. The van der Waals surface area contributed by atoms with Crippen molar-refractivity contribution in [2.45, 2.75) is 6.04 Å².